The molecule has 0 bridgehead atoms. The van der Waals surface area contributed by atoms with E-state index in [4.69, 9.17) is 22.7 Å². The van der Waals surface area contributed by atoms with Crippen molar-refractivity contribution in [1.82, 2.24) is 4.90 Å². The van der Waals surface area contributed by atoms with Crippen LogP contribution in [0.4, 0.5) is 0 Å². The summed E-state index contributed by atoms with van der Waals surface area (Å²) in [7, 11) is 1.53. The van der Waals surface area contributed by atoms with Gasteiger partial charge >= 0.3 is 0 Å². The summed E-state index contributed by atoms with van der Waals surface area (Å²) >= 11 is 4.82. The Morgan fingerprint density at radius 1 is 1.44 bits per heavy atom. The number of nitrogens with zero attached hydrogens (tertiary/aromatic N) is 1. The molecule has 0 aromatic carbocycles. The summed E-state index contributed by atoms with van der Waals surface area (Å²) in [5.74, 6) is 0.409. The van der Waals surface area contributed by atoms with Crippen LogP contribution in [0, 0.1) is 5.92 Å². The summed E-state index contributed by atoms with van der Waals surface area (Å²) in [4.78, 5) is 14.1. The van der Waals surface area contributed by atoms with E-state index in [9.17, 15) is 4.79 Å². The second-order valence-electron chi connectivity index (χ2n) is 4.27. The normalized spacial score (nSPS) is 12.6. The van der Waals surface area contributed by atoms with E-state index in [2.05, 4.69) is 13.8 Å². The summed E-state index contributed by atoms with van der Waals surface area (Å²) in [6.45, 7) is 7.16. The van der Waals surface area contributed by atoms with Crippen molar-refractivity contribution in [3.05, 3.63) is 0 Å². The van der Waals surface area contributed by atoms with Crippen LogP contribution in [0.25, 0.3) is 0 Å². The van der Waals surface area contributed by atoms with Crippen LogP contribution in [0.2, 0.25) is 0 Å². The third kappa shape index (κ3) is 6.02. The number of carbonyl (C=O) groups is 1. The van der Waals surface area contributed by atoms with Gasteiger partial charge in [-0.1, -0.05) is 26.1 Å². The second-order valence-corrected chi connectivity index (χ2v) is 4.80. The minimum atomic E-state index is -0.412. The maximum atomic E-state index is 11.9. The summed E-state index contributed by atoms with van der Waals surface area (Å²) in [6.07, 6.45) is 0.148. The third-order valence-corrected chi connectivity index (χ3v) is 2.43. The molecule has 0 aromatic rings. The lowest BCUT2D eigenvalue weighted by Crippen LogP contribution is -2.42. The number of hydrogen-bond acceptors (Lipinski definition) is 3. The molecular weight excluding hydrogens is 224 g/mol. The zero-order chi connectivity index (χ0) is 12.7. The number of nitrogens with two attached hydrogens (primary N) is 1. The Morgan fingerprint density at radius 2 is 2.00 bits per heavy atom. The second kappa shape index (κ2) is 7.57. The number of amides is 1. The van der Waals surface area contributed by atoms with Gasteiger partial charge in [-0.2, -0.15) is 0 Å². The van der Waals surface area contributed by atoms with Crippen molar-refractivity contribution in [3.8, 4) is 0 Å². The van der Waals surface area contributed by atoms with Gasteiger partial charge in [-0.05, 0) is 12.8 Å². The first kappa shape index (κ1) is 15.3. The van der Waals surface area contributed by atoms with E-state index in [1.54, 1.807) is 11.8 Å². The van der Waals surface area contributed by atoms with Crippen LogP contribution in [0.5, 0.6) is 0 Å². The lowest BCUT2D eigenvalue weighted by atomic mass is 10.2. The Kier molecular flexibility index (Phi) is 7.25. The van der Waals surface area contributed by atoms with Crippen LogP contribution in [-0.4, -0.2) is 42.1 Å². The highest BCUT2D eigenvalue weighted by Crippen LogP contribution is 2.05. The minimum absolute atomic E-state index is 0.00699. The highest BCUT2D eigenvalue weighted by atomic mass is 32.1. The van der Waals surface area contributed by atoms with Crippen molar-refractivity contribution in [1.29, 1.82) is 0 Å². The molecule has 0 saturated heterocycles. The Labute approximate surface area is 103 Å². The SMILES string of the molecule is COC(C)C(=O)N(CCC(N)=S)CC(C)C. The fraction of sp³-hybridized carbons (Fsp3) is 0.818. The molecule has 0 saturated carbocycles. The van der Waals surface area contributed by atoms with Crippen molar-refractivity contribution < 1.29 is 9.53 Å². The van der Waals surface area contributed by atoms with Gasteiger partial charge in [0.2, 0.25) is 0 Å². The first-order valence-electron chi connectivity index (χ1n) is 5.48. The molecule has 0 rings (SSSR count). The zero-order valence-electron chi connectivity index (χ0n) is 10.5. The Morgan fingerprint density at radius 3 is 2.38 bits per heavy atom. The van der Waals surface area contributed by atoms with Crippen LogP contribution < -0.4 is 5.73 Å². The van der Waals surface area contributed by atoms with Gasteiger partial charge in [0.25, 0.3) is 5.91 Å². The van der Waals surface area contributed by atoms with Crippen molar-refractivity contribution >= 4 is 23.1 Å². The predicted molar refractivity (Wildman–Crippen MR) is 69.3 cm³/mol. The van der Waals surface area contributed by atoms with Gasteiger partial charge in [0, 0.05) is 26.6 Å². The molecule has 0 heterocycles. The van der Waals surface area contributed by atoms with Gasteiger partial charge in [-0.25, -0.2) is 0 Å². The predicted octanol–water partition coefficient (Wildman–Crippen LogP) is 1.18. The average molecular weight is 246 g/mol. The summed E-state index contributed by atoms with van der Waals surface area (Å²) in [6, 6.07) is 0. The minimum Gasteiger partial charge on any atom is -0.393 e. The van der Waals surface area contributed by atoms with E-state index in [-0.39, 0.29) is 5.91 Å². The van der Waals surface area contributed by atoms with Crippen LogP contribution >= 0.6 is 12.2 Å². The Balaban J connectivity index is 4.40. The average Bonchev–Trinajstić information content (AvgIpc) is 2.21. The van der Waals surface area contributed by atoms with E-state index in [1.165, 1.54) is 7.11 Å². The van der Waals surface area contributed by atoms with E-state index in [0.29, 0.717) is 30.4 Å². The van der Waals surface area contributed by atoms with Crippen LogP contribution in [0.1, 0.15) is 27.2 Å². The molecule has 1 amide bonds. The summed E-state index contributed by atoms with van der Waals surface area (Å²) < 4.78 is 5.03. The standard InChI is InChI=1S/C11H22N2O2S/c1-8(2)7-13(6-5-10(12)16)11(14)9(3)15-4/h8-9H,5-7H2,1-4H3,(H2,12,16). The van der Waals surface area contributed by atoms with E-state index < -0.39 is 6.10 Å². The monoisotopic (exact) mass is 246 g/mol. The van der Waals surface area contributed by atoms with E-state index in [0.717, 1.165) is 0 Å². The quantitative estimate of drug-likeness (QED) is 0.685. The zero-order valence-corrected chi connectivity index (χ0v) is 11.3. The van der Waals surface area contributed by atoms with Crippen molar-refractivity contribution in [3.63, 3.8) is 0 Å². The van der Waals surface area contributed by atoms with Crippen molar-refractivity contribution in [2.24, 2.45) is 11.7 Å². The van der Waals surface area contributed by atoms with Gasteiger partial charge in [0.15, 0.2) is 0 Å². The molecule has 0 spiro atoms. The van der Waals surface area contributed by atoms with E-state index in [1.807, 2.05) is 0 Å². The molecule has 0 aromatic heterocycles. The van der Waals surface area contributed by atoms with Gasteiger partial charge < -0.3 is 15.4 Å². The number of hydrogen-bond donors (Lipinski definition) is 1. The fourth-order valence-corrected chi connectivity index (χ4v) is 1.43. The highest BCUT2D eigenvalue weighted by molar-refractivity contribution is 7.80. The molecule has 0 aliphatic carbocycles. The summed E-state index contributed by atoms with van der Waals surface area (Å²) in [5.41, 5.74) is 5.44. The smallest absolute Gasteiger partial charge is 0.251 e. The van der Waals surface area contributed by atoms with Crippen LogP contribution in [0.15, 0.2) is 0 Å². The number of methoxy groups -OCH3 is 1. The molecule has 0 aliphatic heterocycles. The van der Waals surface area contributed by atoms with Gasteiger partial charge in [0.1, 0.15) is 6.10 Å². The molecule has 0 fully saturated rings. The lowest BCUT2D eigenvalue weighted by Gasteiger charge is -2.26. The number of thiocarbonyl (C=S) groups is 1. The molecule has 2 N–H and O–H groups in total. The van der Waals surface area contributed by atoms with E-state index >= 15 is 0 Å². The fourth-order valence-electron chi connectivity index (χ4n) is 1.34. The molecule has 16 heavy (non-hydrogen) atoms. The first-order chi connectivity index (χ1) is 7.38. The van der Waals surface area contributed by atoms with Crippen molar-refractivity contribution in [2.45, 2.75) is 33.3 Å². The van der Waals surface area contributed by atoms with Gasteiger partial charge in [0.05, 0.1) is 4.99 Å². The maximum Gasteiger partial charge on any atom is 0.251 e. The van der Waals surface area contributed by atoms with Gasteiger partial charge in [-0.15, -0.1) is 0 Å². The molecular formula is C11H22N2O2S. The largest absolute Gasteiger partial charge is 0.393 e. The molecule has 1 atom stereocenters. The number of ether oxygens (including phenoxy) is 1. The molecule has 1 unspecified atom stereocenters. The number of carbonyl (C=O) groups excluding carboxylic acids is 1. The molecule has 94 valence electrons. The topological polar surface area (TPSA) is 55.6 Å². The third-order valence-electron chi connectivity index (χ3n) is 2.23. The molecule has 0 radical (unpaired) electrons. The first-order valence-corrected chi connectivity index (χ1v) is 5.89. The van der Waals surface area contributed by atoms with Crippen molar-refractivity contribution in [2.75, 3.05) is 20.2 Å². The maximum absolute atomic E-state index is 11.9. The summed E-state index contributed by atoms with van der Waals surface area (Å²) in [5, 5.41) is 0. The highest BCUT2D eigenvalue weighted by Gasteiger charge is 2.20. The lowest BCUT2D eigenvalue weighted by molar-refractivity contribution is -0.141. The molecule has 5 heteroatoms. The molecule has 0 aliphatic rings. The molecule has 4 nitrogen and oxygen atoms in total. The Hall–Kier alpha value is -0.680. The van der Waals surface area contributed by atoms with Crippen LogP contribution in [0.3, 0.4) is 0 Å². The number of rotatable bonds is 7. The Bertz CT molecular complexity index is 244. The van der Waals surface area contributed by atoms with Crippen LogP contribution in [-0.2, 0) is 9.53 Å². The van der Waals surface area contributed by atoms with Gasteiger partial charge in [-0.3, -0.25) is 4.79 Å².